The molecule has 0 saturated carbocycles. The van der Waals surface area contributed by atoms with E-state index in [9.17, 15) is 8.42 Å². The van der Waals surface area contributed by atoms with Crippen LogP contribution in [0.4, 0.5) is 0 Å². The molecule has 1 aromatic carbocycles. The maximum Gasteiger partial charge on any atom is 0.182 e. The van der Waals surface area contributed by atoms with Gasteiger partial charge in [-0.1, -0.05) is 36.2 Å². The van der Waals surface area contributed by atoms with E-state index in [1.165, 1.54) is 12.1 Å². The second-order valence-electron chi connectivity index (χ2n) is 4.19. The van der Waals surface area contributed by atoms with Crippen LogP contribution in [0.15, 0.2) is 23.1 Å². The molecule has 0 spiro atoms. The van der Waals surface area contributed by atoms with Crippen molar-refractivity contribution in [2.24, 2.45) is 0 Å². The van der Waals surface area contributed by atoms with Crippen molar-refractivity contribution in [2.75, 3.05) is 12.3 Å². The first-order valence-electron chi connectivity index (χ1n) is 5.78. The first kappa shape index (κ1) is 15.8. The molecule has 0 bridgehead atoms. The van der Waals surface area contributed by atoms with Crippen LogP contribution in [0.3, 0.4) is 0 Å². The predicted molar refractivity (Wildman–Crippen MR) is 76.3 cm³/mol. The summed E-state index contributed by atoms with van der Waals surface area (Å²) in [4.78, 5) is 0.0264. The van der Waals surface area contributed by atoms with E-state index in [1.54, 1.807) is 6.07 Å². The number of sulfone groups is 1. The van der Waals surface area contributed by atoms with Crippen LogP contribution >= 0.6 is 23.2 Å². The molecule has 0 fully saturated rings. The van der Waals surface area contributed by atoms with Gasteiger partial charge in [0.2, 0.25) is 0 Å². The Morgan fingerprint density at radius 2 is 1.83 bits per heavy atom. The Hall–Kier alpha value is -0.290. The highest BCUT2D eigenvalue weighted by atomic mass is 35.5. The molecule has 3 nitrogen and oxygen atoms in total. The van der Waals surface area contributed by atoms with Gasteiger partial charge in [-0.25, -0.2) is 8.42 Å². The van der Waals surface area contributed by atoms with Gasteiger partial charge in [0.05, 0.1) is 15.8 Å². The van der Waals surface area contributed by atoms with Gasteiger partial charge < -0.3 is 5.32 Å². The fraction of sp³-hybridized carbons (Fsp3) is 0.500. The normalized spacial score (nSPS) is 13.6. The third-order valence-corrected chi connectivity index (χ3v) is 5.30. The average molecular weight is 310 g/mol. The minimum absolute atomic E-state index is 0.0174. The molecule has 1 atom stereocenters. The Morgan fingerprint density at radius 1 is 1.28 bits per heavy atom. The molecule has 0 aromatic heterocycles. The molecular formula is C12H17Cl2NO2S. The van der Waals surface area contributed by atoms with Crippen molar-refractivity contribution in [1.29, 1.82) is 0 Å². The smallest absolute Gasteiger partial charge is 0.182 e. The van der Waals surface area contributed by atoms with Crippen LogP contribution in [0, 0.1) is 0 Å². The molecule has 1 aromatic rings. The fourth-order valence-electron chi connectivity index (χ4n) is 1.64. The van der Waals surface area contributed by atoms with Crippen LogP contribution in [0.5, 0.6) is 0 Å². The summed E-state index contributed by atoms with van der Waals surface area (Å²) < 4.78 is 24.5. The topological polar surface area (TPSA) is 46.2 Å². The second-order valence-corrected chi connectivity index (χ2v) is 6.97. The zero-order valence-corrected chi connectivity index (χ0v) is 12.7. The molecule has 0 heterocycles. The molecule has 1 N–H and O–H groups in total. The van der Waals surface area contributed by atoms with E-state index in [2.05, 4.69) is 5.32 Å². The predicted octanol–water partition coefficient (Wildman–Crippen LogP) is 3.16. The average Bonchev–Trinajstić information content (AvgIpc) is 2.25. The lowest BCUT2D eigenvalue weighted by atomic mass is 10.3. The lowest BCUT2D eigenvalue weighted by Crippen LogP contribution is -2.33. The lowest BCUT2D eigenvalue weighted by Gasteiger charge is -2.15. The zero-order chi connectivity index (χ0) is 13.8. The highest BCUT2D eigenvalue weighted by Gasteiger charge is 2.23. The van der Waals surface area contributed by atoms with E-state index in [0.29, 0.717) is 0 Å². The fourth-order valence-corrected chi connectivity index (χ4v) is 4.42. The summed E-state index contributed by atoms with van der Waals surface area (Å²) in [6, 6.07) is 4.56. The SMILES string of the molecule is CCCNC(C)CS(=O)(=O)c1c(Cl)cccc1Cl. The minimum Gasteiger partial charge on any atom is -0.313 e. The Bertz CT molecular complexity index is 483. The molecule has 0 amide bonds. The van der Waals surface area contributed by atoms with Crippen molar-refractivity contribution in [3.05, 3.63) is 28.2 Å². The second kappa shape index (κ2) is 6.75. The van der Waals surface area contributed by atoms with E-state index in [-0.39, 0.29) is 26.7 Å². The Morgan fingerprint density at radius 3 is 2.33 bits per heavy atom. The van der Waals surface area contributed by atoms with Crippen LogP contribution < -0.4 is 5.32 Å². The summed E-state index contributed by atoms with van der Waals surface area (Å²) in [5, 5.41) is 3.47. The molecule has 0 radical (unpaired) electrons. The third-order valence-electron chi connectivity index (χ3n) is 2.44. The molecule has 0 aliphatic heterocycles. The van der Waals surface area contributed by atoms with Gasteiger partial charge in [-0.05, 0) is 32.0 Å². The number of hydrogen-bond donors (Lipinski definition) is 1. The van der Waals surface area contributed by atoms with Gasteiger partial charge in [-0.2, -0.15) is 0 Å². The Labute approximate surface area is 118 Å². The summed E-state index contributed by atoms with van der Waals surface area (Å²) in [5.74, 6) is -0.0174. The van der Waals surface area contributed by atoms with Gasteiger partial charge >= 0.3 is 0 Å². The Kier molecular flexibility index (Phi) is 5.92. The van der Waals surface area contributed by atoms with Crippen molar-refractivity contribution in [2.45, 2.75) is 31.2 Å². The molecule has 1 unspecified atom stereocenters. The molecule has 0 aliphatic rings. The maximum absolute atomic E-state index is 12.2. The maximum atomic E-state index is 12.2. The quantitative estimate of drug-likeness (QED) is 0.878. The van der Waals surface area contributed by atoms with Gasteiger partial charge in [0.15, 0.2) is 9.84 Å². The van der Waals surface area contributed by atoms with Gasteiger partial charge in [0.25, 0.3) is 0 Å². The van der Waals surface area contributed by atoms with Gasteiger partial charge in [-0.15, -0.1) is 0 Å². The minimum atomic E-state index is -3.48. The third kappa shape index (κ3) is 4.12. The molecule has 102 valence electrons. The largest absolute Gasteiger partial charge is 0.313 e. The van der Waals surface area contributed by atoms with Crippen molar-refractivity contribution in [3.63, 3.8) is 0 Å². The summed E-state index contributed by atoms with van der Waals surface area (Å²) in [6.07, 6.45) is 0.956. The molecule has 0 saturated heterocycles. The van der Waals surface area contributed by atoms with Crippen molar-refractivity contribution in [1.82, 2.24) is 5.32 Å². The van der Waals surface area contributed by atoms with Crippen LogP contribution in [0.2, 0.25) is 10.0 Å². The monoisotopic (exact) mass is 309 g/mol. The highest BCUT2D eigenvalue weighted by molar-refractivity contribution is 7.91. The number of benzene rings is 1. The number of hydrogen-bond acceptors (Lipinski definition) is 3. The van der Waals surface area contributed by atoms with E-state index < -0.39 is 9.84 Å². The molecule has 6 heteroatoms. The molecule has 1 rings (SSSR count). The van der Waals surface area contributed by atoms with E-state index >= 15 is 0 Å². The lowest BCUT2D eigenvalue weighted by molar-refractivity contribution is 0.555. The summed E-state index contributed by atoms with van der Waals surface area (Å²) >= 11 is 11.8. The van der Waals surface area contributed by atoms with Crippen molar-refractivity contribution < 1.29 is 8.42 Å². The van der Waals surface area contributed by atoms with Crippen LogP contribution in [-0.4, -0.2) is 26.8 Å². The van der Waals surface area contributed by atoms with Crippen LogP contribution in [-0.2, 0) is 9.84 Å². The summed E-state index contributed by atoms with van der Waals surface area (Å²) in [6.45, 7) is 4.64. The van der Waals surface area contributed by atoms with E-state index in [1.807, 2.05) is 13.8 Å². The number of nitrogens with one attached hydrogen (secondary N) is 1. The van der Waals surface area contributed by atoms with Crippen molar-refractivity contribution in [3.8, 4) is 0 Å². The first-order valence-corrected chi connectivity index (χ1v) is 8.19. The molecule has 0 aliphatic carbocycles. The molecule has 18 heavy (non-hydrogen) atoms. The van der Waals surface area contributed by atoms with E-state index in [0.717, 1.165) is 13.0 Å². The number of halogens is 2. The summed E-state index contributed by atoms with van der Waals surface area (Å²) in [7, 11) is -3.48. The zero-order valence-electron chi connectivity index (χ0n) is 10.4. The first-order chi connectivity index (χ1) is 8.38. The Balaban J connectivity index is 2.93. The van der Waals surface area contributed by atoms with Gasteiger partial charge in [-0.3, -0.25) is 0 Å². The van der Waals surface area contributed by atoms with Gasteiger partial charge in [0.1, 0.15) is 4.90 Å². The van der Waals surface area contributed by atoms with Crippen LogP contribution in [0.1, 0.15) is 20.3 Å². The van der Waals surface area contributed by atoms with Crippen molar-refractivity contribution >= 4 is 33.0 Å². The number of rotatable bonds is 6. The summed E-state index contributed by atoms with van der Waals surface area (Å²) in [5.41, 5.74) is 0. The van der Waals surface area contributed by atoms with E-state index in [4.69, 9.17) is 23.2 Å². The highest BCUT2D eigenvalue weighted by Crippen LogP contribution is 2.30. The standard InChI is InChI=1S/C12H17Cl2NO2S/c1-3-7-15-9(2)8-18(16,17)12-10(13)5-4-6-11(12)14/h4-6,9,15H,3,7-8H2,1-2H3. The molecular weight excluding hydrogens is 293 g/mol. The van der Waals surface area contributed by atoms with Gasteiger partial charge in [0, 0.05) is 6.04 Å². The van der Waals surface area contributed by atoms with Crippen LogP contribution in [0.25, 0.3) is 0 Å².